The minimum atomic E-state index is -2.32. The highest BCUT2D eigenvalue weighted by Gasteiger charge is 2.35. The van der Waals surface area contributed by atoms with Crippen LogP contribution in [-0.4, -0.2) is 14.5 Å². The lowest BCUT2D eigenvalue weighted by Crippen LogP contribution is -2.31. The summed E-state index contributed by atoms with van der Waals surface area (Å²) in [7, 11) is 0. The number of imidazole rings is 1. The Morgan fingerprint density at radius 1 is 1.30 bits per heavy atom. The standard InChI is InChI=1S/C15H11N4O/c1-18-13-11-3-5-17-7-12(11)20-15(13)19-8-9-6-16-4-2-10(9)14(18)19/h2-7H,8H2,1H3/q+1/i1D3. The molecule has 0 bridgehead atoms. The molecule has 0 amide bonds. The van der Waals surface area contributed by atoms with Gasteiger partial charge >= 0.3 is 5.71 Å². The van der Waals surface area contributed by atoms with E-state index in [1.54, 1.807) is 30.9 Å². The summed E-state index contributed by atoms with van der Waals surface area (Å²) in [6.45, 7) is -1.77. The molecule has 4 aromatic heterocycles. The van der Waals surface area contributed by atoms with Gasteiger partial charge in [0.2, 0.25) is 5.52 Å². The van der Waals surface area contributed by atoms with Gasteiger partial charge in [-0.15, -0.1) is 0 Å². The third-order valence-corrected chi connectivity index (χ3v) is 3.86. The van der Waals surface area contributed by atoms with Crippen LogP contribution in [0.5, 0.6) is 0 Å². The highest BCUT2D eigenvalue weighted by Crippen LogP contribution is 2.34. The Labute approximate surface area is 118 Å². The molecule has 1 aliphatic heterocycles. The molecule has 5 nitrogen and oxygen atoms in total. The highest BCUT2D eigenvalue weighted by molar-refractivity contribution is 6.01. The van der Waals surface area contributed by atoms with Gasteiger partial charge in [-0.25, -0.2) is 4.57 Å². The maximum atomic E-state index is 8.01. The van der Waals surface area contributed by atoms with Crippen LogP contribution in [0.15, 0.2) is 41.3 Å². The molecule has 0 spiro atoms. The second-order valence-corrected chi connectivity index (χ2v) is 4.91. The molecule has 4 aromatic rings. The van der Waals surface area contributed by atoms with E-state index in [-0.39, 0.29) is 0 Å². The summed E-state index contributed by atoms with van der Waals surface area (Å²) in [6.07, 6.45) is 6.69. The molecule has 5 heteroatoms. The van der Waals surface area contributed by atoms with E-state index in [4.69, 9.17) is 8.53 Å². The van der Waals surface area contributed by atoms with E-state index >= 15 is 0 Å². The van der Waals surface area contributed by atoms with E-state index in [0.29, 0.717) is 29.2 Å². The normalized spacial score (nSPS) is 15.9. The fourth-order valence-electron chi connectivity index (χ4n) is 3.00. The number of pyridine rings is 2. The molecule has 0 unspecified atom stereocenters. The number of nitrogens with zero attached hydrogens (tertiary/aromatic N) is 4. The zero-order valence-electron chi connectivity index (χ0n) is 13.4. The molecule has 0 saturated carbocycles. The van der Waals surface area contributed by atoms with Gasteiger partial charge in [0.25, 0.3) is 5.82 Å². The van der Waals surface area contributed by atoms with Gasteiger partial charge in [0.05, 0.1) is 28.2 Å². The summed E-state index contributed by atoms with van der Waals surface area (Å²) in [5, 5.41) is 0.753. The van der Waals surface area contributed by atoms with Gasteiger partial charge < -0.3 is 4.42 Å². The van der Waals surface area contributed by atoms with Crippen molar-refractivity contribution in [3.8, 4) is 11.4 Å². The zero-order valence-corrected chi connectivity index (χ0v) is 10.4. The lowest BCUT2D eigenvalue weighted by molar-refractivity contribution is -0.652. The van der Waals surface area contributed by atoms with Crippen LogP contribution in [0.3, 0.4) is 0 Å². The third-order valence-electron chi connectivity index (χ3n) is 3.86. The third kappa shape index (κ3) is 1.02. The number of furan rings is 1. The van der Waals surface area contributed by atoms with Crippen molar-refractivity contribution in [1.82, 2.24) is 14.5 Å². The molecule has 0 N–H and O–H groups in total. The first-order chi connectivity index (χ1) is 11.1. The van der Waals surface area contributed by atoms with Crippen LogP contribution in [0.4, 0.5) is 0 Å². The van der Waals surface area contributed by atoms with Gasteiger partial charge in [0.15, 0.2) is 5.58 Å². The molecule has 0 radical (unpaired) electrons. The molecule has 1 aliphatic rings. The number of aromatic nitrogens is 4. The lowest BCUT2D eigenvalue weighted by atomic mass is 10.2. The van der Waals surface area contributed by atoms with E-state index in [1.165, 1.54) is 4.57 Å². The summed E-state index contributed by atoms with van der Waals surface area (Å²) in [6, 6.07) is 3.63. The van der Waals surface area contributed by atoms with Gasteiger partial charge in [-0.05, 0) is 12.1 Å². The Balaban J connectivity index is 2.01. The first-order valence-corrected chi connectivity index (χ1v) is 6.30. The van der Waals surface area contributed by atoms with Crippen molar-refractivity contribution < 1.29 is 13.1 Å². The smallest absolute Gasteiger partial charge is 0.339 e. The predicted molar refractivity (Wildman–Crippen MR) is 73.0 cm³/mol. The summed E-state index contributed by atoms with van der Waals surface area (Å²) < 4.78 is 33.2. The van der Waals surface area contributed by atoms with E-state index in [2.05, 4.69) is 9.97 Å². The molecule has 0 fully saturated rings. The van der Waals surface area contributed by atoms with Gasteiger partial charge in [0.1, 0.15) is 6.54 Å². The molecule has 96 valence electrons. The molecule has 5 heterocycles. The van der Waals surface area contributed by atoms with Crippen molar-refractivity contribution in [3.63, 3.8) is 0 Å². The maximum absolute atomic E-state index is 8.01. The number of fused-ring (bicyclic) bond motifs is 7. The van der Waals surface area contributed by atoms with Crippen molar-refractivity contribution in [2.24, 2.45) is 6.98 Å². The summed E-state index contributed by atoms with van der Waals surface area (Å²) >= 11 is 0. The fraction of sp³-hybridized carbons (Fsp3) is 0.133. The van der Waals surface area contributed by atoms with E-state index in [9.17, 15) is 0 Å². The van der Waals surface area contributed by atoms with E-state index in [0.717, 1.165) is 16.5 Å². The van der Waals surface area contributed by atoms with Crippen LogP contribution in [0.2, 0.25) is 0 Å². The summed E-state index contributed by atoms with van der Waals surface area (Å²) in [4.78, 5) is 8.18. The average Bonchev–Trinajstić information content (AvgIpc) is 3.13. The SMILES string of the molecule is [2H]C([2H])([2H])n1c2[n+](c3oc4cnccc4c31)Cc1cnccc1-2. The predicted octanol–water partition coefficient (Wildman–Crippen LogP) is 2.03. The van der Waals surface area contributed by atoms with E-state index < -0.39 is 6.98 Å². The number of hydrogen-bond acceptors (Lipinski definition) is 3. The van der Waals surface area contributed by atoms with Crippen LogP contribution >= 0.6 is 0 Å². The first-order valence-electron chi connectivity index (χ1n) is 7.80. The Bertz CT molecular complexity index is 1090. The van der Waals surface area contributed by atoms with Gasteiger partial charge in [-0.1, -0.05) is 0 Å². The molecular formula is C15H11N4O+. The average molecular weight is 266 g/mol. The Morgan fingerprint density at radius 3 is 3.15 bits per heavy atom. The van der Waals surface area contributed by atoms with Crippen molar-refractivity contribution in [3.05, 3.63) is 42.5 Å². The van der Waals surface area contributed by atoms with Gasteiger partial charge in [-0.3, -0.25) is 9.97 Å². The first kappa shape index (κ1) is 7.79. The second-order valence-electron chi connectivity index (χ2n) is 4.91. The Kier molecular flexibility index (Phi) is 1.27. The number of hydrogen-bond donors (Lipinski definition) is 0. The molecule has 0 saturated heterocycles. The monoisotopic (exact) mass is 266 g/mol. The van der Waals surface area contributed by atoms with Crippen LogP contribution in [0.1, 0.15) is 9.68 Å². The Morgan fingerprint density at radius 2 is 2.20 bits per heavy atom. The van der Waals surface area contributed by atoms with Crippen LogP contribution in [0.25, 0.3) is 33.6 Å². The van der Waals surface area contributed by atoms with Crippen molar-refractivity contribution in [2.75, 3.05) is 0 Å². The molecular weight excluding hydrogens is 252 g/mol. The summed E-state index contributed by atoms with van der Waals surface area (Å²) in [5.74, 6) is 0.634. The minimum Gasteiger partial charge on any atom is -0.417 e. The second kappa shape index (κ2) is 3.25. The molecule has 0 aliphatic carbocycles. The Hall–Kier alpha value is -2.69. The quantitative estimate of drug-likeness (QED) is 0.403. The molecule has 0 atom stereocenters. The van der Waals surface area contributed by atoms with E-state index in [1.807, 2.05) is 10.6 Å². The molecule has 0 aromatic carbocycles. The molecule has 5 rings (SSSR count). The maximum Gasteiger partial charge on any atom is 0.339 e. The highest BCUT2D eigenvalue weighted by atomic mass is 16.3. The summed E-state index contributed by atoms with van der Waals surface area (Å²) in [5.41, 5.74) is 3.58. The topological polar surface area (TPSA) is 47.7 Å². The van der Waals surface area contributed by atoms with Gasteiger partial charge in [0, 0.05) is 24.2 Å². The lowest BCUT2D eigenvalue weighted by Gasteiger charge is -1.94. The minimum absolute atomic E-state index is 0.547. The van der Waals surface area contributed by atoms with Crippen LogP contribution in [-0.2, 0) is 13.5 Å². The van der Waals surface area contributed by atoms with Gasteiger partial charge in [-0.2, -0.15) is 4.57 Å². The fourth-order valence-corrected chi connectivity index (χ4v) is 3.00. The van der Waals surface area contributed by atoms with Crippen molar-refractivity contribution in [2.45, 2.75) is 6.54 Å². The number of rotatable bonds is 0. The largest absolute Gasteiger partial charge is 0.417 e. The van der Waals surface area contributed by atoms with Crippen molar-refractivity contribution >= 4 is 22.2 Å². The van der Waals surface area contributed by atoms with Crippen LogP contribution in [0, 0.1) is 0 Å². The zero-order chi connectivity index (χ0) is 15.8. The van der Waals surface area contributed by atoms with Crippen molar-refractivity contribution in [1.29, 1.82) is 0 Å². The van der Waals surface area contributed by atoms with Crippen LogP contribution < -0.4 is 4.57 Å². The number of aryl methyl sites for hydroxylation is 1. The molecule has 20 heavy (non-hydrogen) atoms.